The molecule has 0 radical (unpaired) electrons. The number of nitrogens with one attached hydrogen (secondary N) is 1. The molecule has 37 heavy (non-hydrogen) atoms. The van der Waals surface area contributed by atoms with Crippen molar-refractivity contribution in [3.05, 3.63) is 72.6 Å². The molecule has 198 valence electrons. The fraction of sp³-hybridized carbons (Fsp3) is 0.357. The van der Waals surface area contributed by atoms with Crippen molar-refractivity contribution in [3.63, 3.8) is 0 Å². The average Bonchev–Trinajstić information content (AvgIpc) is 2.82. The van der Waals surface area contributed by atoms with Gasteiger partial charge in [-0.05, 0) is 56.7 Å². The van der Waals surface area contributed by atoms with E-state index in [0.29, 0.717) is 17.0 Å². The first kappa shape index (κ1) is 28.0. The van der Waals surface area contributed by atoms with Crippen LogP contribution in [0.2, 0.25) is 0 Å². The van der Waals surface area contributed by atoms with Crippen LogP contribution in [-0.4, -0.2) is 38.6 Å². The molecule has 3 rings (SSSR count). The predicted octanol–water partition coefficient (Wildman–Crippen LogP) is 5.44. The Kier molecular flexibility index (Phi) is 8.17. The number of rotatable bonds is 9. The Morgan fingerprint density at radius 1 is 1.03 bits per heavy atom. The number of nitrogens with zero attached hydrogens (tertiary/aromatic N) is 2. The van der Waals surface area contributed by atoms with E-state index in [-0.39, 0.29) is 21.7 Å². The van der Waals surface area contributed by atoms with Gasteiger partial charge in [-0.3, -0.25) is 14.1 Å². The number of carbonyl (C=O) groups is 1. The molecule has 0 aliphatic heterocycles. The number of carbonyl (C=O) groups excluding carboxylic acids is 1. The molecule has 8 nitrogen and oxygen atoms in total. The highest BCUT2D eigenvalue weighted by Gasteiger charge is 2.36. The van der Waals surface area contributed by atoms with Crippen LogP contribution in [0, 0.1) is 12.3 Å². The number of anilines is 2. The smallest absolute Gasteiger partial charge is 0.265 e. The van der Waals surface area contributed by atoms with Gasteiger partial charge >= 0.3 is 0 Å². The zero-order valence-corrected chi connectivity index (χ0v) is 23.2. The minimum Gasteiger partial charge on any atom is -0.495 e. The van der Waals surface area contributed by atoms with E-state index in [9.17, 15) is 13.2 Å². The van der Waals surface area contributed by atoms with Crippen LogP contribution < -0.4 is 19.1 Å². The lowest BCUT2D eigenvalue weighted by Gasteiger charge is -2.39. The van der Waals surface area contributed by atoms with E-state index in [1.807, 2.05) is 13.8 Å². The second-order valence-corrected chi connectivity index (χ2v) is 12.1. The maximum Gasteiger partial charge on any atom is 0.265 e. The maximum absolute atomic E-state index is 14.0. The molecule has 0 atom stereocenters. The summed E-state index contributed by atoms with van der Waals surface area (Å²) in [7, 11) is -2.72. The second kappa shape index (κ2) is 10.8. The number of sulfonamides is 1. The first-order valence-electron chi connectivity index (χ1n) is 11.9. The largest absolute Gasteiger partial charge is 0.495 e. The highest BCUT2D eigenvalue weighted by atomic mass is 32.2. The van der Waals surface area contributed by atoms with Gasteiger partial charge in [-0.1, -0.05) is 39.0 Å². The van der Waals surface area contributed by atoms with Crippen LogP contribution in [0.4, 0.5) is 11.4 Å². The summed E-state index contributed by atoms with van der Waals surface area (Å²) >= 11 is 0. The van der Waals surface area contributed by atoms with Crippen molar-refractivity contribution in [1.29, 1.82) is 0 Å². The van der Waals surface area contributed by atoms with Crippen molar-refractivity contribution in [3.8, 4) is 11.5 Å². The molecular formula is C28H35N3O5S. The Balaban J connectivity index is 2.12. The van der Waals surface area contributed by atoms with Crippen LogP contribution in [0.25, 0.3) is 0 Å². The predicted molar refractivity (Wildman–Crippen MR) is 146 cm³/mol. The normalized spacial score (nSPS) is 12.1. The lowest BCUT2D eigenvalue weighted by Crippen LogP contribution is -2.42. The van der Waals surface area contributed by atoms with E-state index in [1.54, 1.807) is 61.7 Å². The molecule has 1 aromatic heterocycles. The van der Waals surface area contributed by atoms with Crippen LogP contribution >= 0.6 is 0 Å². The van der Waals surface area contributed by atoms with Gasteiger partial charge in [0.1, 0.15) is 23.6 Å². The Morgan fingerprint density at radius 2 is 1.73 bits per heavy atom. The lowest BCUT2D eigenvalue weighted by molar-refractivity contribution is -0.114. The average molecular weight is 526 g/mol. The number of benzene rings is 2. The van der Waals surface area contributed by atoms with Gasteiger partial charge in [-0.2, -0.15) is 0 Å². The molecule has 1 amide bonds. The number of ether oxygens (including phenoxy) is 2. The van der Waals surface area contributed by atoms with E-state index in [4.69, 9.17) is 9.47 Å². The Labute approximate surface area is 219 Å². The monoisotopic (exact) mass is 525 g/mol. The van der Waals surface area contributed by atoms with Crippen molar-refractivity contribution in [2.75, 3.05) is 23.3 Å². The number of methoxy groups -OCH3 is 1. The quantitative estimate of drug-likeness (QED) is 0.400. The summed E-state index contributed by atoms with van der Waals surface area (Å²) in [6.07, 6.45) is 3.07. The topological polar surface area (TPSA) is 97.8 Å². The summed E-state index contributed by atoms with van der Waals surface area (Å²) in [4.78, 5) is 17.2. The summed E-state index contributed by atoms with van der Waals surface area (Å²) in [5.74, 6) is 0.203. The molecule has 1 N–H and O–H groups in total. The molecule has 0 aliphatic rings. The van der Waals surface area contributed by atoms with E-state index in [0.717, 1.165) is 4.31 Å². The van der Waals surface area contributed by atoms with Gasteiger partial charge < -0.3 is 14.8 Å². The molecule has 0 unspecified atom stereocenters. The van der Waals surface area contributed by atoms with Gasteiger partial charge in [0, 0.05) is 17.7 Å². The van der Waals surface area contributed by atoms with Gasteiger partial charge in [0.25, 0.3) is 10.0 Å². The molecule has 0 bridgehead atoms. The number of pyridine rings is 1. The third kappa shape index (κ3) is 6.40. The Bertz CT molecular complexity index is 1350. The highest BCUT2D eigenvalue weighted by Crippen LogP contribution is 2.40. The maximum atomic E-state index is 14.0. The van der Waals surface area contributed by atoms with Crippen molar-refractivity contribution in [2.45, 2.75) is 52.0 Å². The summed E-state index contributed by atoms with van der Waals surface area (Å²) in [6.45, 7) is 11.4. The molecule has 0 aliphatic carbocycles. The number of hydrogen-bond donors (Lipinski definition) is 1. The third-order valence-electron chi connectivity index (χ3n) is 6.49. The molecule has 0 saturated carbocycles. The summed E-state index contributed by atoms with van der Waals surface area (Å²) in [6, 6.07) is 15.0. The molecule has 1 heterocycles. The fourth-order valence-electron chi connectivity index (χ4n) is 3.41. The minimum atomic E-state index is -4.17. The van der Waals surface area contributed by atoms with Gasteiger partial charge in [-0.15, -0.1) is 0 Å². The Morgan fingerprint density at radius 3 is 2.32 bits per heavy atom. The van der Waals surface area contributed by atoms with Gasteiger partial charge in [0.15, 0.2) is 0 Å². The van der Waals surface area contributed by atoms with Gasteiger partial charge in [0.2, 0.25) is 5.91 Å². The molecule has 0 spiro atoms. The summed E-state index contributed by atoms with van der Waals surface area (Å²) in [5.41, 5.74) is 0.422. The van der Waals surface area contributed by atoms with Crippen LogP contribution in [0.1, 0.15) is 40.2 Å². The van der Waals surface area contributed by atoms with Crippen LogP contribution in [0.3, 0.4) is 0 Å². The molecule has 3 aromatic rings. The summed E-state index contributed by atoms with van der Waals surface area (Å²) < 4.78 is 40.9. The standard InChI is InChI=1S/C28H35N3O5S/c1-20-11-8-9-13-25(20)37(33,34)31(19-26(32)30-21-12-10-16-29-18-21)23-17-22(14-15-24(23)35-7)36-28(5,6)27(2,3)4/h8-18H,19H2,1-7H3,(H,30,32). The fourth-order valence-corrected chi connectivity index (χ4v) is 5.06. The lowest BCUT2D eigenvalue weighted by atomic mass is 9.79. The zero-order valence-electron chi connectivity index (χ0n) is 22.4. The molecule has 0 saturated heterocycles. The van der Waals surface area contributed by atoms with E-state index in [1.165, 1.54) is 19.4 Å². The van der Waals surface area contributed by atoms with Crippen molar-refractivity contribution >= 4 is 27.3 Å². The summed E-state index contributed by atoms with van der Waals surface area (Å²) in [5, 5.41) is 2.71. The molecular weight excluding hydrogens is 490 g/mol. The van der Waals surface area contributed by atoms with Crippen LogP contribution in [0.5, 0.6) is 11.5 Å². The minimum absolute atomic E-state index is 0.0903. The van der Waals surface area contributed by atoms with Crippen molar-refractivity contribution in [1.82, 2.24) is 4.98 Å². The number of aromatic nitrogens is 1. The first-order valence-corrected chi connectivity index (χ1v) is 13.4. The first-order chi connectivity index (χ1) is 17.3. The van der Waals surface area contributed by atoms with Gasteiger partial charge in [0.05, 0.1) is 29.6 Å². The highest BCUT2D eigenvalue weighted by molar-refractivity contribution is 7.93. The van der Waals surface area contributed by atoms with E-state index in [2.05, 4.69) is 31.1 Å². The SMILES string of the molecule is COc1ccc(OC(C)(C)C(C)(C)C)cc1N(CC(=O)Nc1cccnc1)S(=O)(=O)c1ccccc1C. The number of amides is 1. The van der Waals surface area contributed by atoms with Gasteiger partial charge in [-0.25, -0.2) is 8.42 Å². The van der Waals surface area contributed by atoms with Crippen LogP contribution in [-0.2, 0) is 14.8 Å². The van der Waals surface area contributed by atoms with Crippen LogP contribution in [0.15, 0.2) is 71.9 Å². The van der Waals surface area contributed by atoms with Crippen molar-refractivity contribution in [2.24, 2.45) is 5.41 Å². The Hall–Kier alpha value is -3.59. The third-order valence-corrected chi connectivity index (χ3v) is 8.41. The van der Waals surface area contributed by atoms with E-state index < -0.39 is 28.1 Å². The number of aryl methyl sites for hydroxylation is 1. The molecule has 9 heteroatoms. The molecule has 0 fully saturated rings. The molecule has 2 aromatic carbocycles. The number of hydrogen-bond acceptors (Lipinski definition) is 6. The van der Waals surface area contributed by atoms with Crippen molar-refractivity contribution < 1.29 is 22.7 Å². The zero-order chi connectivity index (χ0) is 27.4. The second-order valence-electron chi connectivity index (χ2n) is 10.3. The van der Waals surface area contributed by atoms with E-state index >= 15 is 0 Å².